The molecule has 0 unspecified atom stereocenters. The molecule has 0 spiro atoms. The van der Waals surface area contributed by atoms with Crippen LogP contribution in [-0.2, 0) is 0 Å². The van der Waals surface area contributed by atoms with Crippen molar-refractivity contribution in [1.82, 2.24) is 20.2 Å². The molecule has 0 atom stereocenters. The van der Waals surface area contributed by atoms with Crippen LogP contribution in [0.5, 0.6) is 0 Å². The van der Waals surface area contributed by atoms with Crippen molar-refractivity contribution in [2.24, 2.45) is 0 Å². The van der Waals surface area contributed by atoms with Crippen LogP contribution in [0.4, 0.5) is 5.69 Å². The molecular weight excluding hydrogens is 326 g/mol. The Labute approximate surface area is 143 Å². The fraction of sp³-hybridized carbons (Fsp3) is 0.176. The molecule has 0 radical (unpaired) electrons. The van der Waals surface area contributed by atoms with Crippen molar-refractivity contribution < 1.29 is 4.79 Å². The van der Waals surface area contributed by atoms with Crippen molar-refractivity contribution in [1.29, 1.82) is 0 Å². The molecule has 1 N–H and O–H groups in total. The molecular formula is C17H14ClN5O. The van der Waals surface area contributed by atoms with Crippen molar-refractivity contribution in [2.75, 3.05) is 5.32 Å². The van der Waals surface area contributed by atoms with Gasteiger partial charge >= 0.3 is 0 Å². The van der Waals surface area contributed by atoms with E-state index in [0.29, 0.717) is 22.3 Å². The fourth-order valence-electron chi connectivity index (χ4n) is 2.50. The number of anilines is 1. The summed E-state index contributed by atoms with van der Waals surface area (Å²) in [6, 6.07) is 14.8. The predicted molar refractivity (Wildman–Crippen MR) is 90.9 cm³/mol. The summed E-state index contributed by atoms with van der Waals surface area (Å²) < 4.78 is 1.86. The first-order valence-electron chi connectivity index (χ1n) is 7.66. The maximum absolute atomic E-state index is 12.3. The Balaban J connectivity index is 1.53. The lowest BCUT2D eigenvalue weighted by molar-refractivity contribution is 0.102. The lowest BCUT2D eigenvalue weighted by Crippen LogP contribution is -2.12. The van der Waals surface area contributed by atoms with E-state index in [0.717, 1.165) is 24.2 Å². The number of nitrogens with zero attached hydrogens (tertiary/aromatic N) is 4. The molecule has 6 nitrogen and oxygen atoms in total. The Morgan fingerprint density at radius 2 is 1.88 bits per heavy atom. The molecule has 1 fully saturated rings. The van der Waals surface area contributed by atoms with E-state index in [2.05, 4.69) is 20.8 Å². The third kappa shape index (κ3) is 2.88. The minimum Gasteiger partial charge on any atom is -0.322 e. The topological polar surface area (TPSA) is 72.7 Å². The van der Waals surface area contributed by atoms with Gasteiger partial charge < -0.3 is 5.32 Å². The Morgan fingerprint density at radius 3 is 2.58 bits per heavy atom. The standard InChI is InChI=1S/C17H14ClN5O/c18-15-4-2-1-3-14(15)17(24)19-12-7-5-11(6-8-12)16-20-21-22-23(16)13-9-10-13/h1-8,13H,9-10H2,(H,19,24). The third-order valence-electron chi connectivity index (χ3n) is 3.91. The van der Waals surface area contributed by atoms with E-state index in [-0.39, 0.29) is 5.91 Å². The van der Waals surface area contributed by atoms with E-state index in [1.807, 2.05) is 28.9 Å². The molecule has 1 heterocycles. The lowest BCUT2D eigenvalue weighted by Gasteiger charge is -2.08. The van der Waals surface area contributed by atoms with Crippen LogP contribution >= 0.6 is 11.6 Å². The number of halogens is 1. The molecule has 1 amide bonds. The highest BCUT2D eigenvalue weighted by Crippen LogP contribution is 2.36. The van der Waals surface area contributed by atoms with E-state index in [1.54, 1.807) is 24.3 Å². The van der Waals surface area contributed by atoms with Crippen molar-refractivity contribution >= 4 is 23.2 Å². The van der Waals surface area contributed by atoms with Crippen LogP contribution in [0.25, 0.3) is 11.4 Å². The molecule has 120 valence electrons. The number of nitrogens with one attached hydrogen (secondary N) is 1. The van der Waals surface area contributed by atoms with Crippen LogP contribution in [-0.4, -0.2) is 26.1 Å². The maximum atomic E-state index is 12.3. The van der Waals surface area contributed by atoms with E-state index in [1.165, 1.54) is 0 Å². The number of rotatable bonds is 4. The first-order chi connectivity index (χ1) is 11.7. The normalized spacial score (nSPS) is 13.7. The maximum Gasteiger partial charge on any atom is 0.257 e. The Morgan fingerprint density at radius 1 is 1.12 bits per heavy atom. The summed E-state index contributed by atoms with van der Waals surface area (Å²) in [5.74, 6) is 0.512. The van der Waals surface area contributed by atoms with Crippen molar-refractivity contribution in [3.05, 3.63) is 59.1 Å². The monoisotopic (exact) mass is 339 g/mol. The molecule has 1 aliphatic rings. The second-order valence-corrected chi connectivity index (χ2v) is 6.10. The highest BCUT2D eigenvalue weighted by molar-refractivity contribution is 6.34. The first kappa shape index (κ1) is 14.8. The van der Waals surface area contributed by atoms with Gasteiger partial charge in [0.25, 0.3) is 5.91 Å². The van der Waals surface area contributed by atoms with Gasteiger partial charge in [0.2, 0.25) is 0 Å². The largest absolute Gasteiger partial charge is 0.322 e. The van der Waals surface area contributed by atoms with E-state index < -0.39 is 0 Å². The molecule has 24 heavy (non-hydrogen) atoms. The van der Waals surface area contributed by atoms with Gasteiger partial charge in [-0.1, -0.05) is 23.7 Å². The van der Waals surface area contributed by atoms with Crippen molar-refractivity contribution in [3.63, 3.8) is 0 Å². The summed E-state index contributed by atoms with van der Waals surface area (Å²) in [5, 5.41) is 15.2. The summed E-state index contributed by atoms with van der Waals surface area (Å²) in [6.07, 6.45) is 2.23. The van der Waals surface area contributed by atoms with Crippen LogP contribution in [0, 0.1) is 0 Å². The van der Waals surface area contributed by atoms with Gasteiger partial charge in [-0.2, -0.15) is 0 Å². The summed E-state index contributed by atoms with van der Waals surface area (Å²) in [4.78, 5) is 12.3. The average molecular weight is 340 g/mol. The summed E-state index contributed by atoms with van der Waals surface area (Å²) in [7, 11) is 0. The lowest BCUT2D eigenvalue weighted by atomic mass is 10.1. The smallest absolute Gasteiger partial charge is 0.257 e. The highest BCUT2D eigenvalue weighted by Gasteiger charge is 2.28. The van der Waals surface area contributed by atoms with Gasteiger partial charge in [0, 0.05) is 11.3 Å². The number of benzene rings is 2. The molecule has 0 saturated heterocycles. The van der Waals surface area contributed by atoms with Gasteiger partial charge in [-0.05, 0) is 59.7 Å². The van der Waals surface area contributed by atoms with Crippen LogP contribution in [0.3, 0.4) is 0 Å². The zero-order valence-corrected chi connectivity index (χ0v) is 13.4. The quantitative estimate of drug-likeness (QED) is 0.788. The number of carbonyl (C=O) groups is 1. The molecule has 3 aromatic rings. The minimum absolute atomic E-state index is 0.240. The zero-order valence-electron chi connectivity index (χ0n) is 12.7. The Hall–Kier alpha value is -2.73. The van der Waals surface area contributed by atoms with Gasteiger partial charge in [-0.25, -0.2) is 4.68 Å². The zero-order chi connectivity index (χ0) is 16.5. The number of tetrazole rings is 1. The van der Waals surface area contributed by atoms with Gasteiger partial charge in [0.05, 0.1) is 16.6 Å². The molecule has 0 aliphatic heterocycles. The second-order valence-electron chi connectivity index (χ2n) is 5.69. The molecule has 7 heteroatoms. The second kappa shape index (κ2) is 6.05. The van der Waals surface area contributed by atoms with Crippen molar-refractivity contribution in [2.45, 2.75) is 18.9 Å². The van der Waals surface area contributed by atoms with Crippen LogP contribution in [0.1, 0.15) is 29.2 Å². The molecule has 0 bridgehead atoms. The minimum atomic E-state index is -0.240. The molecule has 1 aromatic heterocycles. The van der Waals surface area contributed by atoms with Gasteiger partial charge in [-0.15, -0.1) is 5.10 Å². The summed E-state index contributed by atoms with van der Waals surface area (Å²) >= 11 is 6.05. The van der Waals surface area contributed by atoms with Crippen molar-refractivity contribution in [3.8, 4) is 11.4 Å². The van der Waals surface area contributed by atoms with Gasteiger partial charge in [0.15, 0.2) is 5.82 Å². The molecule has 1 aliphatic carbocycles. The molecule has 2 aromatic carbocycles. The SMILES string of the molecule is O=C(Nc1ccc(-c2nnnn2C2CC2)cc1)c1ccccc1Cl. The first-order valence-corrected chi connectivity index (χ1v) is 8.04. The third-order valence-corrected chi connectivity index (χ3v) is 4.23. The highest BCUT2D eigenvalue weighted by atomic mass is 35.5. The number of aromatic nitrogens is 4. The van der Waals surface area contributed by atoms with Crippen LogP contribution in [0.2, 0.25) is 5.02 Å². The molecule has 1 saturated carbocycles. The number of carbonyl (C=O) groups excluding carboxylic acids is 1. The van der Waals surface area contributed by atoms with Gasteiger partial charge in [0.1, 0.15) is 0 Å². The Bertz CT molecular complexity index is 886. The van der Waals surface area contributed by atoms with E-state index in [9.17, 15) is 4.79 Å². The summed E-state index contributed by atoms with van der Waals surface area (Å²) in [6.45, 7) is 0. The van der Waals surface area contributed by atoms with Crippen LogP contribution in [0.15, 0.2) is 48.5 Å². The fourth-order valence-corrected chi connectivity index (χ4v) is 2.72. The van der Waals surface area contributed by atoms with E-state index in [4.69, 9.17) is 11.6 Å². The Kier molecular flexibility index (Phi) is 3.74. The average Bonchev–Trinajstić information content (AvgIpc) is 3.33. The number of hydrogen-bond donors (Lipinski definition) is 1. The number of hydrogen-bond acceptors (Lipinski definition) is 4. The molecule has 4 rings (SSSR count). The van der Waals surface area contributed by atoms with Gasteiger partial charge in [-0.3, -0.25) is 4.79 Å². The number of amides is 1. The van der Waals surface area contributed by atoms with E-state index >= 15 is 0 Å². The summed E-state index contributed by atoms with van der Waals surface area (Å²) in [5.41, 5.74) is 2.05. The van der Waals surface area contributed by atoms with Crippen LogP contribution < -0.4 is 5.32 Å². The predicted octanol–water partition coefficient (Wildman–Crippen LogP) is 3.58.